The van der Waals surface area contributed by atoms with E-state index in [0.29, 0.717) is 27.7 Å². The van der Waals surface area contributed by atoms with Crippen molar-refractivity contribution in [3.63, 3.8) is 0 Å². The predicted molar refractivity (Wildman–Crippen MR) is 112 cm³/mol. The second-order valence-electron chi connectivity index (χ2n) is 7.06. The average molecular weight is 454 g/mol. The number of primary amides is 1. The normalized spacial score (nSPS) is 11.9. The molecule has 0 bridgehead atoms. The van der Waals surface area contributed by atoms with Crippen molar-refractivity contribution in [1.82, 2.24) is 15.0 Å². The number of alkyl halides is 3. The number of H-pyrrole nitrogens is 1. The molecule has 0 aliphatic heterocycles. The predicted octanol–water partition coefficient (Wildman–Crippen LogP) is 4.51. The molecule has 3 heterocycles. The van der Waals surface area contributed by atoms with Crippen LogP contribution in [-0.2, 0) is 11.0 Å². The molecule has 10 heteroatoms. The number of benzene rings is 1. The summed E-state index contributed by atoms with van der Waals surface area (Å²) >= 11 is 0. The van der Waals surface area contributed by atoms with E-state index in [1.165, 1.54) is 24.5 Å². The molecule has 4 rings (SSSR count). The number of carbonyl (C=O) groups is 2. The van der Waals surface area contributed by atoms with Gasteiger partial charge in [0.1, 0.15) is 11.3 Å². The van der Waals surface area contributed by atoms with Gasteiger partial charge in [-0.15, -0.1) is 0 Å². The van der Waals surface area contributed by atoms with Gasteiger partial charge in [-0.25, -0.2) is 14.4 Å². The lowest BCUT2D eigenvalue weighted by atomic mass is 10.0. The highest BCUT2D eigenvalue weighted by Gasteiger charge is 2.30. The summed E-state index contributed by atoms with van der Waals surface area (Å²) in [7, 11) is 0. The zero-order valence-corrected chi connectivity index (χ0v) is 16.7. The molecular formula is C23H14F4N4O2. The molecule has 0 aliphatic rings. The number of pyridine rings is 2. The molecule has 1 aromatic carbocycles. The van der Waals surface area contributed by atoms with E-state index in [4.69, 9.17) is 5.73 Å². The zero-order valence-electron chi connectivity index (χ0n) is 16.7. The molecule has 0 spiro atoms. The topological polar surface area (TPSA) is 102 Å². The van der Waals surface area contributed by atoms with Gasteiger partial charge in [-0.05, 0) is 30.3 Å². The van der Waals surface area contributed by atoms with Crippen LogP contribution in [0.2, 0.25) is 0 Å². The van der Waals surface area contributed by atoms with Gasteiger partial charge >= 0.3 is 6.18 Å². The van der Waals surface area contributed by atoms with Crippen LogP contribution in [0.4, 0.5) is 17.6 Å². The number of carbonyl (C=O) groups excluding carboxylic acids is 2. The highest BCUT2D eigenvalue weighted by molar-refractivity contribution is 6.08. The number of fused-ring (bicyclic) bond motifs is 1. The number of hydrogen-bond donors (Lipinski definition) is 2. The summed E-state index contributed by atoms with van der Waals surface area (Å²) in [6.07, 6.45) is 2.54. The molecule has 33 heavy (non-hydrogen) atoms. The number of nitrogens with two attached hydrogens (primary N) is 1. The van der Waals surface area contributed by atoms with Crippen LogP contribution in [0.15, 0.2) is 61.1 Å². The summed E-state index contributed by atoms with van der Waals surface area (Å²) in [4.78, 5) is 34.6. The standard InChI is InChI=1S/C23H14F4N4O2/c24-18-8-15(14-7-17-13(3-6-19(28)32)9-30-22(17)31-11-14)10-29-20(18)21(33)12-1-4-16(5-2-12)23(25,26)27/h1-11H,(H2,28,32)(H,30,31). The molecule has 3 aromatic heterocycles. The first-order chi connectivity index (χ1) is 15.6. The fourth-order valence-corrected chi connectivity index (χ4v) is 3.20. The highest BCUT2D eigenvalue weighted by atomic mass is 19.4. The van der Waals surface area contributed by atoms with Gasteiger partial charge in [0.25, 0.3) is 0 Å². The molecule has 166 valence electrons. The van der Waals surface area contributed by atoms with Gasteiger partial charge in [0.05, 0.1) is 5.56 Å². The molecule has 0 aliphatic carbocycles. The molecule has 0 unspecified atom stereocenters. The summed E-state index contributed by atoms with van der Waals surface area (Å²) in [5.41, 5.74) is 5.56. The van der Waals surface area contributed by atoms with Gasteiger partial charge in [0.2, 0.25) is 11.7 Å². The van der Waals surface area contributed by atoms with Crippen LogP contribution in [-0.4, -0.2) is 26.6 Å². The Labute approximate surface area is 183 Å². The third kappa shape index (κ3) is 4.49. The molecule has 0 fully saturated rings. The molecular weight excluding hydrogens is 440 g/mol. The lowest BCUT2D eigenvalue weighted by molar-refractivity contribution is -0.137. The molecule has 6 nitrogen and oxygen atoms in total. The van der Waals surface area contributed by atoms with Crippen LogP contribution in [0.25, 0.3) is 28.2 Å². The summed E-state index contributed by atoms with van der Waals surface area (Å²) in [6, 6.07) is 6.26. The number of hydrogen-bond acceptors (Lipinski definition) is 4. The smallest absolute Gasteiger partial charge is 0.366 e. The van der Waals surface area contributed by atoms with E-state index in [1.54, 1.807) is 12.3 Å². The van der Waals surface area contributed by atoms with Crippen LogP contribution >= 0.6 is 0 Å². The minimum Gasteiger partial charge on any atom is -0.366 e. The zero-order chi connectivity index (χ0) is 23.8. The van der Waals surface area contributed by atoms with Crippen molar-refractivity contribution in [3.8, 4) is 11.1 Å². The summed E-state index contributed by atoms with van der Waals surface area (Å²) in [6.45, 7) is 0. The number of ketones is 1. The molecule has 4 aromatic rings. The first kappa shape index (κ1) is 21.9. The lowest BCUT2D eigenvalue weighted by Gasteiger charge is -2.08. The van der Waals surface area contributed by atoms with Gasteiger partial charge in [-0.3, -0.25) is 9.59 Å². The van der Waals surface area contributed by atoms with E-state index in [9.17, 15) is 27.2 Å². The van der Waals surface area contributed by atoms with Crippen molar-refractivity contribution < 1.29 is 27.2 Å². The second kappa shape index (κ2) is 8.30. The van der Waals surface area contributed by atoms with Crippen molar-refractivity contribution in [1.29, 1.82) is 0 Å². The molecule has 0 saturated heterocycles. The van der Waals surface area contributed by atoms with Crippen molar-refractivity contribution in [2.24, 2.45) is 5.73 Å². The number of aromatic nitrogens is 3. The summed E-state index contributed by atoms with van der Waals surface area (Å²) < 4.78 is 52.8. The first-order valence-electron chi connectivity index (χ1n) is 9.46. The van der Waals surface area contributed by atoms with Gasteiger partial charge in [0.15, 0.2) is 5.82 Å². The van der Waals surface area contributed by atoms with Crippen LogP contribution in [0.5, 0.6) is 0 Å². The summed E-state index contributed by atoms with van der Waals surface area (Å²) in [5.74, 6) is -2.39. The van der Waals surface area contributed by atoms with Gasteiger partial charge in [-0.2, -0.15) is 13.2 Å². The van der Waals surface area contributed by atoms with Crippen molar-refractivity contribution >= 4 is 28.8 Å². The Hall–Kier alpha value is -4.34. The number of rotatable bonds is 5. The Morgan fingerprint density at radius 2 is 1.67 bits per heavy atom. The minimum absolute atomic E-state index is 0.122. The molecule has 1 amide bonds. The minimum atomic E-state index is -4.54. The highest BCUT2D eigenvalue weighted by Crippen LogP contribution is 2.30. The Balaban J connectivity index is 1.65. The second-order valence-corrected chi connectivity index (χ2v) is 7.06. The Kier molecular flexibility index (Phi) is 5.50. The van der Waals surface area contributed by atoms with Crippen LogP contribution in [0.1, 0.15) is 27.2 Å². The fourth-order valence-electron chi connectivity index (χ4n) is 3.20. The molecule has 0 radical (unpaired) electrons. The third-order valence-electron chi connectivity index (χ3n) is 4.85. The van der Waals surface area contributed by atoms with Crippen LogP contribution in [0.3, 0.4) is 0 Å². The van der Waals surface area contributed by atoms with E-state index in [1.807, 2.05) is 0 Å². The number of aromatic amines is 1. The quantitative estimate of drug-likeness (QED) is 0.263. The maximum Gasteiger partial charge on any atom is 0.416 e. The molecule has 3 N–H and O–H groups in total. The SMILES string of the molecule is NC(=O)C=Cc1c[nH]c2ncc(-c3cnc(C(=O)c4ccc(C(F)(F)F)cc4)c(F)c3)cc12. The Morgan fingerprint density at radius 3 is 2.30 bits per heavy atom. The number of halogens is 4. The first-order valence-corrected chi connectivity index (χ1v) is 9.46. The van der Waals surface area contributed by atoms with Gasteiger partial charge < -0.3 is 10.7 Å². The van der Waals surface area contributed by atoms with E-state index in [2.05, 4.69) is 15.0 Å². The van der Waals surface area contributed by atoms with E-state index in [0.717, 1.165) is 30.3 Å². The lowest BCUT2D eigenvalue weighted by Crippen LogP contribution is -2.09. The average Bonchev–Trinajstić information content (AvgIpc) is 3.19. The maximum absolute atomic E-state index is 14.7. The van der Waals surface area contributed by atoms with Gasteiger partial charge in [-0.1, -0.05) is 12.1 Å². The fraction of sp³-hybridized carbons (Fsp3) is 0.0435. The van der Waals surface area contributed by atoms with Crippen LogP contribution < -0.4 is 5.73 Å². The van der Waals surface area contributed by atoms with Gasteiger partial charge in [0, 0.05) is 52.3 Å². The number of nitrogens with one attached hydrogen (secondary N) is 1. The van der Waals surface area contributed by atoms with Crippen LogP contribution in [0, 0.1) is 5.82 Å². The van der Waals surface area contributed by atoms with E-state index in [-0.39, 0.29) is 5.56 Å². The molecule has 0 atom stereocenters. The Bertz CT molecular complexity index is 1410. The third-order valence-corrected chi connectivity index (χ3v) is 4.85. The largest absolute Gasteiger partial charge is 0.416 e. The maximum atomic E-state index is 14.7. The van der Waals surface area contributed by atoms with Crippen molar-refractivity contribution in [2.45, 2.75) is 6.18 Å². The number of nitrogens with zero attached hydrogens (tertiary/aromatic N) is 2. The van der Waals surface area contributed by atoms with E-state index >= 15 is 0 Å². The van der Waals surface area contributed by atoms with Crippen molar-refractivity contribution in [3.05, 3.63) is 89.3 Å². The molecule has 0 saturated carbocycles. The Morgan fingerprint density at radius 1 is 1.00 bits per heavy atom. The van der Waals surface area contributed by atoms with E-state index < -0.39 is 34.9 Å². The van der Waals surface area contributed by atoms with Crippen molar-refractivity contribution in [2.75, 3.05) is 0 Å². The monoisotopic (exact) mass is 454 g/mol. The summed E-state index contributed by atoms with van der Waals surface area (Å²) in [5, 5.41) is 0.648. The number of amides is 1.